The van der Waals surface area contributed by atoms with Gasteiger partial charge in [0.1, 0.15) is 0 Å². The molecule has 1 aromatic rings. The predicted octanol–water partition coefficient (Wildman–Crippen LogP) is 3.12. The third kappa shape index (κ3) is 2.83. The Bertz CT molecular complexity index is 338. The minimum atomic E-state index is 0.568. The molecule has 16 heavy (non-hydrogen) atoms. The van der Waals surface area contributed by atoms with E-state index in [0.29, 0.717) is 5.92 Å². The molecule has 2 rings (SSSR count). The fourth-order valence-corrected chi connectivity index (χ4v) is 3.62. The quantitative estimate of drug-likeness (QED) is 0.875. The number of aromatic nitrogens is 1. The summed E-state index contributed by atoms with van der Waals surface area (Å²) in [5.41, 5.74) is 1.31. The fraction of sp³-hybridized carbons (Fsp3) is 0.769. The van der Waals surface area contributed by atoms with Crippen molar-refractivity contribution in [1.82, 2.24) is 10.3 Å². The van der Waals surface area contributed by atoms with Crippen molar-refractivity contribution in [3.05, 3.63) is 15.6 Å². The molecule has 1 fully saturated rings. The second-order valence-corrected chi connectivity index (χ2v) is 6.39. The monoisotopic (exact) mass is 238 g/mol. The molecule has 1 aliphatic heterocycles. The fourth-order valence-electron chi connectivity index (χ4n) is 2.42. The summed E-state index contributed by atoms with van der Waals surface area (Å²) in [5.74, 6) is 1.42. The van der Waals surface area contributed by atoms with Gasteiger partial charge in [-0.15, -0.1) is 11.3 Å². The Morgan fingerprint density at radius 3 is 2.62 bits per heavy atom. The molecule has 0 saturated carbocycles. The molecule has 3 heteroatoms. The van der Waals surface area contributed by atoms with E-state index in [2.05, 4.69) is 26.1 Å². The number of thiazole rings is 1. The number of rotatable bonds is 3. The van der Waals surface area contributed by atoms with Crippen LogP contribution in [-0.2, 0) is 6.42 Å². The number of aryl methyl sites for hydroxylation is 1. The van der Waals surface area contributed by atoms with Crippen LogP contribution < -0.4 is 5.32 Å². The SMILES string of the molecule is Cc1sc(CC2CCNCC2)nc1C(C)C. The van der Waals surface area contributed by atoms with Gasteiger partial charge in [0.2, 0.25) is 0 Å². The molecule has 2 heterocycles. The lowest BCUT2D eigenvalue weighted by Crippen LogP contribution is -2.28. The van der Waals surface area contributed by atoms with E-state index in [1.165, 1.54) is 47.9 Å². The normalized spacial score (nSPS) is 18.2. The van der Waals surface area contributed by atoms with E-state index >= 15 is 0 Å². The molecule has 1 saturated heterocycles. The summed E-state index contributed by atoms with van der Waals surface area (Å²) in [6.45, 7) is 9.05. The average Bonchev–Trinajstić information content (AvgIpc) is 2.61. The van der Waals surface area contributed by atoms with Gasteiger partial charge < -0.3 is 5.32 Å². The summed E-state index contributed by atoms with van der Waals surface area (Å²) in [6, 6.07) is 0. The Morgan fingerprint density at radius 2 is 2.06 bits per heavy atom. The molecule has 0 aliphatic carbocycles. The van der Waals surface area contributed by atoms with Crippen molar-refractivity contribution in [2.75, 3.05) is 13.1 Å². The zero-order valence-electron chi connectivity index (χ0n) is 10.5. The Morgan fingerprint density at radius 1 is 1.38 bits per heavy atom. The highest BCUT2D eigenvalue weighted by atomic mass is 32.1. The minimum Gasteiger partial charge on any atom is -0.317 e. The predicted molar refractivity (Wildman–Crippen MR) is 70.2 cm³/mol. The largest absolute Gasteiger partial charge is 0.317 e. The average molecular weight is 238 g/mol. The Hall–Kier alpha value is -0.410. The van der Waals surface area contributed by atoms with Crippen LogP contribution in [0.4, 0.5) is 0 Å². The van der Waals surface area contributed by atoms with Crippen LogP contribution in [0.25, 0.3) is 0 Å². The molecular weight excluding hydrogens is 216 g/mol. The van der Waals surface area contributed by atoms with Crippen LogP contribution in [0.5, 0.6) is 0 Å². The first-order valence-corrected chi connectivity index (χ1v) is 7.15. The summed E-state index contributed by atoms with van der Waals surface area (Å²) >= 11 is 1.90. The van der Waals surface area contributed by atoms with E-state index in [-0.39, 0.29) is 0 Å². The molecule has 1 aromatic heterocycles. The Kier molecular flexibility index (Phi) is 3.98. The highest BCUT2D eigenvalue weighted by molar-refractivity contribution is 7.11. The van der Waals surface area contributed by atoms with Gasteiger partial charge >= 0.3 is 0 Å². The summed E-state index contributed by atoms with van der Waals surface area (Å²) in [6.07, 6.45) is 3.82. The van der Waals surface area contributed by atoms with E-state index in [9.17, 15) is 0 Å². The molecule has 90 valence electrons. The van der Waals surface area contributed by atoms with Crippen molar-refractivity contribution < 1.29 is 0 Å². The van der Waals surface area contributed by atoms with Gasteiger partial charge in [0.05, 0.1) is 10.7 Å². The van der Waals surface area contributed by atoms with Crippen molar-refractivity contribution >= 4 is 11.3 Å². The van der Waals surface area contributed by atoms with Crippen LogP contribution in [-0.4, -0.2) is 18.1 Å². The summed E-state index contributed by atoms with van der Waals surface area (Å²) in [4.78, 5) is 6.22. The highest BCUT2D eigenvalue weighted by Gasteiger charge is 2.17. The molecule has 1 N–H and O–H groups in total. The third-order valence-electron chi connectivity index (χ3n) is 3.35. The first kappa shape index (κ1) is 12.1. The summed E-state index contributed by atoms with van der Waals surface area (Å²) in [7, 11) is 0. The molecule has 0 spiro atoms. The smallest absolute Gasteiger partial charge is 0.0933 e. The van der Waals surface area contributed by atoms with E-state index in [1.54, 1.807) is 0 Å². The minimum absolute atomic E-state index is 0.568. The zero-order chi connectivity index (χ0) is 11.5. The number of nitrogens with zero attached hydrogens (tertiary/aromatic N) is 1. The molecule has 0 amide bonds. The molecule has 0 atom stereocenters. The van der Waals surface area contributed by atoms with E-state index in [1.807, 2.05) is 11.3 Å². The number of nitrogens with one attached hydrogen (secondary N) is 1. The van der Waals surface area contributed by atoms with Gasteiger partial charge in [0.25, 0.3) is 0 Å². The molecule has 0 unspecified atom stereocenters. The van der Waals surface area contributed by atoms with Crippen LogP contribution in [0.15, 0.2) is 0 Å². The van der Waals surface area contributed by atoms with Crippen LogP contribution in [0.3, 0.4) is 0 Å². The van der Waals surface area contributed by atoms with Crippen LogP contribution in [0.2, 0.25) is 0 Å². The van der Waals surface area contributed by atoms with Gasteiger partial charge in [-0.2, -0.15) is 0 Å². The molecule has 1 aliphatic rings. The second kappa shape index (κ2) is 5.28. The Balaban J connectivity index is 2.01. The van der Waals surface area contributed by atoms with E-state index in [4.69, 9.17) is 4.98 Å². The third-order valence-corrected chi connectivity index (χ3v) is 4.35. The van der Waals surface area contributed by atoms with Crippen LogP contribution in [0.1, 0.15) is 48.2 Å². The van der Waals surface area contributed by atoms with Crippen molar-refractivity contribution in [3.63, 3.8) is 0 Å². The maximum absolute atomic E-state index is 4.80. The van der Waals surface area contributed by atoms with Crippen LogP contribution >= 0.6 is 11.3 Å². The van der Waals surface area contributed by atoms with Crippen LogP contribution in [0, 0.1) is 12.8 Å². The molecule has 0 aromatic carbocycles. The molecule has 0 radical (unpaired) electrons. The van der Waals surface area contributed by atoms with Crippen molar-refractivity contribution in [2.45, 2.75) is 46.0 Å². The molecule has 0 bridgehead atoms. The topological polar surface area (TPSA) is 24.9 Å². The van der Waals surface area contributed by atoms with Gasteiger partial charge in [0, 0.05) is 11.3 Å². The lowest BCUT2D eigenvalue weighted by molar-refractivity contribution is 0.372. The van der Waals surface area contributed by atoms with Gasteiger partial charge in [-0.25, -0.2) is 4.98 Å². The first-order chi connectivity index (χ1) is 7.66. The van der Waals surface area contributed by atoms with Gasteiger partial charge in [-0.3, -0.25) is 0 Å². The number of hydrogen-bond acceptors (Lipinski definition) is 3. The molecule has 2 nitrogen and oxygen atoms in total. The number of piperidine rings is 1. The van der Waals surface area contributed by atoms with Gasteiger partial charge in [-0.1, -0.05) is 13.8 Å². The summed E-state index contributed by atoms with van der Waals surface area (Å²) < 4.78 is 0. The van der Waals surface area contributed by atoms with E-state index < -0.39 is 0 Å². The zero-order valence-corrected chi connectivity index (χ0v) is 11.4. The van der Waals surface area contributed by atoms with Crippen molar-refractivity contribution in [1.29, 1.82) is 0 Å². The second-order valence-electron chi connectivity index (χ2n) is 5.10. The Labute approximate surface area is 102 Å². The lowest BCUT2D eigenvalue weighted by atomic mass is 9.95. The first-order valence-electron chi connectivity index (χ1n) is 6.33. The van der Waals surface area contributed by atoms with Gasteiger partial charge in [-0.05, 0) is 44.7 Å². The standard InChI is InChI=1S/C13H22N2S/c1-9(2)13-10(3)16-12(15-13)8-11-4-6-14-7-5-11/h9,11,14H,4-8H2,1-3H3. The van der Waals surface area contributed by atoms with E-state index in [0.717, 1.165) is 5.92 Å². The van der Waals surface area contributed by atoms with Crippen molar-refractivity contribution in [3.8, 4) is 0 Å². The van der Waals surface area contributed by atoms with Gasteiger partial charge in [0.15, 0.2) is 0 Å². The maximum atomic E-state index is 4.80. The molecular formula is C13H22N2S. The summed E-state index contributed by atoms with van der Waals surface area (Å²) in [5, 5.41) is 4.77. The number of hydrogen-bond donors (Lipinski definition) is 1. The maximum Gasteiger partial charge on any atom is 0.0933 e. The lowest BCUT2D eigenvalue weighted by Gasteiger charge is -2.21. The van der Waals surface area contributed by atoms with Crippen molar-refractivity contribution in [2.24, 2.45) is 5.92 Å². The highest BCUT2D eigenvalue weighted by Crippen LogP contribution is 2.27.